The Hall–Kier alpha value is -1.73. The molecule has 1 amide bonds. The molecule has 0 unspecified atom stereocenters. The molecular formula is C18H27N3O3S. The molecule has 0 saturated carbocycles. The van der Waals surface area contributed by atoms with E-state index < -0.39 is 10.0 Å². The topological polar surface area (TPSA) is 79.4 Å². The van der Waals surface area contributed by atoms with Crippen LogP contribution in [0.1, 0.15) is 44.1 Å². The first-order valence-corrected chi connectivity index (χ1v) is 10.5. The zero-order valence-corrected chi connectivity index (χ0v) is 15.4. The Bertz CT molecular complexity index is 653. The molecule has 0 spiro atoms. The maximum absolute atomic E-state index is 12.1. The van der Waals surface area contributed by atoms with Gasteiger partial charge in [-0.15, -0.1) is 0 Å². The minimum atomic E-state index is -3.05. The van der Waals surface area contributed by atoms with Crippen molar-refractivity contribution in [2.75, 3.05) is 25.4 Å². The van der Waals surface area contributed by atoms with Gasteiger partial charge in [-0.05, 0) is 43.4 Å². The molecule has 1 fully saturated rings. The van der Waals surface area contributed by atoms with Crippen LogP contribution in [0.5, 0.6) is 0 Å². The molecule has 138 valence electrons. The standard InChI is InChI=1S/C18H27N3O3S/c22-18(10-9-17-8-7-11-19-16-17)20-12-3-1-2-6-15-25(23,24)21-13-4-5-14-21/h7-11,16H,1-6,12-15H2,(H,20,22)/b10-9+. The van der Waals surface area contributed by atoms with Gasteiger partial charge in [0.1, 0.15) is 0 Å². The number of hydrogen-bond donors (Lipinski definition) is 1. The number of carbonyl (C=O) groups excluding carboxylic acids is 1. The summed E-state index contributed by atoms with van der Waals surface area (Å²) in [6, 6.07) is 3.70. The van der Waals surface area contributed by atoms with Crippen molar-refractivity contribution in [3.8, 4) is 0 Å². The molecule has 0 bridgehead atoms. The number of carbonyl (C=O) groups is 1. The molecule has 0 aliphatic carbocycles. The Labute approximate surface area is 150 Å². The molecule has 2 heterocycles. The van der Waals surface area contributed by atoms with E-state index in [1.807, 2.05) is 12.1 Å². The average Bonchev–Trinajstić information content (AvgIpc) is 3.15. The SMILES string of the molecule is O=C(/C=C/c1cccnc1)NCCCCCCS(=O)(=O)N1CCCC1. The van der Waals surface area contributed by atoms with E-state index in [9.17, 15) is 13.2 Å². The average molecular weight is 365 g/mol. The van der Waals surface area contributed by atoms with Crippen molar-refractivity contribution in [1.82, 2.24) is 14.6 Å². The second-order valence-corrected chi connectivity index (χ2v) is 8.34. The highest BCUT2D eigenvalue weighted by molar-refractivity contribution is 7.89. The summed E-state index contributed by atoms with van der Waals surface area (Å²) in [5, 5.41) is 2.83. The van der Waals surface area contributed by atoms with Gasteiger partial charge in [0.25, 0.3) is 0 Å². The van der Waals surface area contributed by atoms with E-state index in [-0.39, 0.29) is 11.7 Å². The second kappa shape index (κ2) is 10.3. The van der Waals surface area contributed by atoms with Gasteiger partial charge in [-0.3, -0.25) is 9.78 Å². The van der Waals surface area contributed by atoms with Crippen LogP contribution < -0.4 is 5.32 Å². The number of rotatable bonds is 10. The molecule has 1 aromatic heterocycles. The van der Waals surface area contributed by atoms with Gasteiger partial charge >= 0.3 is 0 Å². The Balaban J connectivity index is 1.51. The van der Waals surface area contributed by atoms with Crippen LogP contribution >= 0.6 is 0 Å². The van der Waals surface area contributed by atoms with E-state index in [0.717, 1.165) is 37.7 Å². The lowest BCUT2D eigenvalue weighted by atomic mass is 10.2. The maximum Gasteiger partial charge on any atom is 0.243 e. The monoisotopic (exact) mass is 365 g/mol. The van der Waals surface area contributed by atoms with Gasteiger partial charge in [-0.2, -0.15) is 0 Å². The van der Waals surface area contributed by atoms with Crippen LogP contribution in [0.25, 0.3) is 6.08 Å². The van der Waals surface area contributed by atoms with Gasteiger partial charge in [0, 0.05) is 38.1 Å². The highest BCUT2D eigenvalue weighted by atomic mass is 32.2. The molecule has 1 saturated heterocycles. The fraction of sp³-hybridized carbons (Fsp3) is 0.556. The van der Waals surface area contributed by atoms with Gasteiger partial charge in [0.05, 0.1) is 5.75 Å². The molecule has 1 aliphatic rings. The number of sulfonamides is 1. The predicted molar refractivity (Wildman–Crippen MR) is 99.3 cm³/mol. The van der Waals surface area contributed by atoms with Gasteiger partial charge < -0.3 is 5.32 Å². The summed E-state index contributed by atoms with van der Waals surface area (Å²) in [4.78, 5) is 15.7. The first-order chi connectivity index (χ1) is 12.1. The number of nitrogens with zero attached hydrogens (tertiary/aromatic N) is 2. The number of pyridine rings is 1. The lowest BCUT2D eigenvalue weighted by Gasteiger charge is -2.15. The fourth-order valence-electron chi connectivity index (χ4n) is 2.78. The molecule has 7 heteroatoms. The minimum Gasteiger partial charge on any atom is -0.353 e. The highest BCUT2D eigenvalue weighted by Gasteiger charge is 2.24. The number of amides is 1. The van der Waals surface area contributed by atoms with Gasteiger partial charge in [-0.25, -0.2) is 12.7 Å². The van der Waals surface area contributed by atoms with Crippen LogP contribution in [0.3, 0.4) is 0 Å². The van der Waals surface area contributed by atoms with Crippen LogP contribution in [0.2, 0.25) is 0 Å². The van der Waals surface area contributed by atoms with Gasteiger partial charge in [0.2, 0.25) is 15.9 Å². The number of nitrogens with one attached hydrogen (secondary N) is 1. The van der Waals surface area contributed by atoms with Crippen molar-refractivity contribution >= 4 is 22.0 Å². The number of hydrogen-bond acceptors (Lipinski definition) is 4. The summed E-state index contributed by atoms with van der Waals surface area (Å²) in [6.45, 7) is 1.97. The summed E-state index contributed by atoms with van der Waals surface area (Å²) < 4.78 is 25.7. The molecule has 2 rings (SSSR count). The minimum absolute atomic E-state index is 0.125. The molecule has 1 aliphatic heterocycles. The quantitative estimate of drug-likeness (QED) is 0.509. The second-order valence-electron chi connectivity index (χ2n) is 6.25. The lowest BCUT2D eigenvalue weighted by molar-refractivity contribution is -0.116. The van der Waals surface area contributed by atoms with E-state index in [1.54, 1.807) is 22.8 Å². The Morgan fingerprint density at radius 2 is 1.96 bits per heavy atom. The molecule has 1 N–H and O–H groups in total. The summed E-state index contributed by atoms with van der Waals surface area (Å²) in [6.07, 6.45) is 11.9. The molecule has 1 aromatic rings. The zero-order chi connectivity index (χ0) is 18.0. The highest BCUT2D eigenvalue weighted by Crippen LogP contribution is 2.14. The normalized spacial score (nSPS) is 15.7. The smallest absolute Gasteiger partial charge is 0.243 e. The largest absolute Gasteiger partial charge is 0.353 e. The van der Waals surface area contributed by atoms with Crippen LogP contribution in [0.4, 0.5) is 0 Å². The van der Waals surface area contributed by atoms with E-state index >= 15 is 0 Å². The molecule has 0 atom stereocenters. The van der Waals surface area contributed by atoms with Crippen molar-refractivity contribution in [2.45, 2.75) is 38.5 Å². The van der Waals surface area contributed by atoms with E-state index in [0.29, 0.717) is 26.1 Å². The first kappa shape index (κ1) is 19.6. The molecule has 0 radical (unpaired) electrons. The van der Waals surface area contributed by atoms with E-state index in [4.69, 9.17) is 0 Å². The van der Waals surface area contributed by atoms with Crippen molar-refractivity contribution in [2.24, 2.45) is 0 Å². The Morgan fingerprint density at radius 1 is 1.20 bits per heavy atom. The zero-order valence-electron chi connectivity index (χ0n) is 14.6. The van der Waals surface area contributed by atoms with Gasteiger partial charge in [-0.1, -0.05) is 18.9 Å². The third-order valence-corrected chi connectivity index (χ3v) is 6.15. The van der Waals surface area contributed by atoms with Crippen LogP contribution in [-0.4, -0.2) is 49.0 Å². The third kappa shape index (κ3) is 7.36. The van der Waals surface area contributed by atoms with Gasteiger partial charge in [0.15, 0.2) is 0 Å². The molecule has 0 aromatic carbocycles. The fourth-order valence-corrected chi connectivity index (χ4v) is 4.42. The third-order valence-electron chi connectivity index (χ3n) is 4.20. The van der Waals surface area contributed by atoms with Crippen LogP contribution in [0, 0.1) is 0 Å². The molecule has 6 nitrogen and oxygen atoms in total. The van der Waals surface area contributed by atoms with Crippen LogP contribution in [0.15, 0.2) is 30.6 Å². The van der Waals surface area contributed by atoms with E-state index in [1.165, 1.54) is 6.08 Å². The summed E-state index contributed by atoms with van der Waals surface area (Å²) in [5.74, 6) is 0.119. The Morgan fingerprint density at radius 3 is 2.68 bits per heavy atom. The van der Waals surface area contributed by atoms with E-state index in [2.05, 4.69) is 10.3 Å². The van der Waals surface area contributed by atoms with Crippen molar-refractivity contribution in [3.63, 3.8) is 0 Å². The summed E-state index contributed by atoms with van der Waals surface area (Å²) in [5.41, 5.74) is 0.886. The first-order valence-electron chi connectivity index (χ1n) is 8.92. The van der Waals surface area contributed by atoms with Crippen LogP contribution in [-0.2, 0) is 14.8 Å². The Kier molecular flexibility index (Phi) is 8.08. The predicted octanol–water partition coefficient (Wildman–Crippen LogP) is 2.20. The maximum atomic E-state index is 12.1. The number of aromatic nitrogens is 1. The lowest BCUT2D eigenvalue weighted by Crippen LogP contribution is -2.30. The summed E-state index contributed by atoms with van der Waals surface area (Å²) >= 11 is 0. The van der Waals surface area contributed by atoms with Crippen molar-refractivity contribution < 1.29 is 13.2 Å². The van der Waals surface area contributed by atoms with Crippen molar-refractivity contribution in [1.29, 1.82) is 0 Å². The summed E-state index contributed by atoms with van der Waals surface area (Å²) in [7, 11) is -3.05. The van der Waals surface area contributed by atoms with Crippen molar-refractivity contribution in [3.05, 3.63) is 36.2 Å². The number of unbranched alkanes of at least 4 members (excludes halogenated alkanes) is 3. The molecular weight excluding hydrogens is 338 g/mol. The molecule has 25 heavy (non-hydrogen) atoms.